The highest BCUT2D eigenvalue weighted by Gasteiger charge is 2.09. The fraction of sp³-hybridized carbons (Fsp3) is 0.316. The number of nitrogens with one attached hydrogen (secondary N) is 2. The predicted octanol–water partition coefficient (Wildman–Crippen LogP) is 1.73. The van der Waals surface area contributed by atoms with Crippen LogP contribution in [0.5, 0.6) is 0 Å². The highest BCUT2D eigenvalue weighted by molar-refractivity contribution is 7.89. The average molecular weight is 375 g/mol. The Morgan fingerprint density at radius 3 is 2.31 bits per heavy atom. The van der Waals surface area contributed by atoms with Gasteiger partial charge in [0.25, 0.3) is 0 Å². The molecule has 2 rings (SSSR count). The summed E-state index contributed by atoms with van der Waals surface area (Å²) in [7, 11) is -3.65. The largest absolute Gasteiger partial charge is 0.350 e. The summed E-state index contributed by atoms with van der Waals surface area (Å²) in [5, 5.41) is 11.3. The van der Waals surface area contributed by atoms with E-state index in [2.05, 4.69) is 10.6 Å². The quantitative estimate of drug-likeness (QED) is 0.581. The monoisotopic (exact) mass is 375 g/mol. The number of carbonyl (C=O) groups excluding carboxylic acids is 1. The third kappa shape index (κ3) is 6.59. The Kier molecular flexibility index (Phi) is 7.32. The summed E-state index contributed by atoms with van der Waals surface area (Å²) in [4.78, 5) is 12.1. The number of primary sulfonamides is 1. The lowest BCUT2D eigenvalue weighted by Gasteiger charge is -2.14. The molecule has 0 saturated carbocycles. The topological polar surface area (TPSA) is 101 Å². The Morgan fingerprint density at radius 1 is 1.04 bits per heavy atom. The molecule has 4 N–H and O–H groups in total. The van der Waals surface area contributed by atoms with Crippen LogP contribution in [0.4, 0.5) is 0 Å². The maximum atomic E-state index is 12.0. The van der Waals surface area contributed by atoms with Crippen LogP contribution in [0.1, 0.15) is 30.5 Å². The van der Waals surface area contributed by atoms with Crippen molar-refractivity contribution in [3.05, 3.63) is 65.7 Å². The second-order valence-electron chi connectivity index (χ2n) is 6.14. The van der Waals surface area contributed by atoms with Crippen molar-refractivity contribution in [1.82, 2.24) is 10.6 Å². The van der Waals surface area contributed by atoms with Gasteiger partial charge in [0.2, 0.25) is 15.9 Å². The minimum absolute atomic E-state index is 0.00589. The molecule has 0 spiro atoms. The smallest absolute Gasteiger partial charge is 0.238 e. The number of hydrogen-bond acceptors (Lipinski definition) is 4. The first-order chi connectivity index (χ1) is 12.4. The van der Waals surface area contributed by atoms with Crippen LogP contribution in [0.15, 0.2) is 59.5 Å². The highest BCUT2D eigenvalue weighted by atomic mass is 32.2. The SMILES string of the molecule is CC(NC(=O)CCNCCc1ccc(S(N)(=O)=O)cc1)c1ccccc1. The molecule has 140 valence electrons. The molecule has 1 unspecified atom stereocenters. The lowest BCUT2D eigenvalue weighted by atomic mass is 10.1. The molecule has 0 heterocycles. The molecule has 6 nitrogen and oxygen atoms in total. The van der Waals surface area contributed by atoms with E-state index in [0.717, 1.165) is 17.5 Å². The molecular formula is C19H25N3O3S. The van der Waals surface area contributed by atoms with Crippen molar-refractivity contribution in [1.29, 1.82) is 0 Å². The normalized spacial score (nSPS) is 12.5. The van der Waals surface area contributed by atoms with Crippen LogP contribution < -0.4 is 15.8 Å². The standard InChI is InChI=1S/C19H25N3O3S/c1-15(17-5-3-2-4-6-17)22-19(23)12-14-21-13-11-16-7-9-18(10-8-16)26(20,24)25/h2-10,15,21H,11-14H2,1H3,(H,22,23)(H2,20,24,25). The second-order valence-corrected chi connectivity index (χ2v) is 7.70. The lowest BCUT2D eigenvalue weighted by Crippen LogP contribution is -2.30. The number of sulfonamides is 1. The minimum Gasteiger partial charge on any atom is -0.350 e. The number of hydrogen-bond donors (Lipinski definition) is 3. The van der Waals surface area contributed by atoms with Crippen LogP contribution in [-0.4, -0.2) is 27.4 Å². The van der Waals surface area contributed by atoms with Crippen LogP contribution in [0.2, 0.25) is 0 Å². The molecule has 0 aliphatic heterocycles. The van der Waals surface area contributed by atoms with Gasteiger partial charge in [-0.05, 0) is 43.1 Å². The van der Waals surface area contributed by atoms with E-state index >= 15 is 0 Å². The van der Waals surface area contributed by atoms with Gasteiger partial charge in [0.05, 0.1) is 10.9 Å². The van der Waals surface area contributed by atoms with Gasteiger partial charge in [-0.3, -0.25) is 4.79 Å². The van der Waals surface area contributed by atoms with Crippen LogP contribution in [0.3, 0.4) is 0 Å². The van der Waals surface area contributed by atoms with E-state index in [0.29, 0.717) is 19.5 Å². The number of amides is 1. The molecule has 0 saturated heterocycles. The molecule has 1 atom stereocenters. The van der Waals surface area contributed by atoms with Gasteiger partial charge in [0.1, 0.15) is 0 Å². The number of benzene rings is 2. The first kappa shape index (κ1) is 20.1. The van der Waals surface area contributed by atoms with Gasteiger partial charge in [-0.2, -0.15) is 0 Å². The van der Waals surface area contributed by atoms with Gasteiger partial charge < -0.3 is 10.6 Å². The molecule has 2 aromatic rings. The van der Waals surface area contributed by atoms with Crippen LogP contribution in [-0.2, 0) is 21.2 Å². The third-order valence-corrected chi connectivity index (χ3v) is 4.98. The summed E-state index contributed by atoms with van der Waals surface area (Å²) < 4.78 is 22.4. The van der Waals surface area contributed by atoms with E-state index in [1.165, 1.54) is 12.1 Å². The number of nitrogens with two attached hydrogens (primary N) is 1. The van der Waals surface area contributed by atoms with Crippen LogP contribution in [0, 0.1) is 0 Å². The molecule has 0 radical (unpaired) electrons. The molecule has 0 fully saturated rings. The zero-order chi connectivity index (χ0) is 19.0. The zero-order valence-corrected chi connectivity index (χ0v) is 15.6. The Hall–Kier alpha value is -2.22. The summed E-state index contributed by atoms with van der Waals surface area (Å²) in [5.41, 5.74) is 2.09. The predicted molar refractivity (Wildman–Crippen MR) is 102 cm³/mol. The first-order valence-corrected chi connectivity index (χ1v) is 10.1. The third-order valence-electron chi connectivity index (χ3n) is 4.05. The van der Waals surface area contributed by atoms with Crippen LogP contribution in [0.25, 0.3) is 0 Å². The number of rotatable bonds is 9. The number of carbonyl (C=O) groups is 1. The van der Waals surface area contributed by atoms with Crippen molar-refractivity contribution in [3.63, 3.8) is 0 Å². The Balaban J connectivity index is 1.65. The van der Waals surface area contributed by atoms with Gasteiger partial charge in [-0.25, -0.2) is 13.6 Å². The van der Waals surface area contributed by atoms with Gasteiger partial charge >= 0.3 is 0 Å². The zero-order valence-electron chi connectivity index (χ0n) is 14.8. The molecule has 26 heavy (non-hydrogen) atoms. The molecule has 2 aromatic carbocycles. The Labute approximate surface area is 154 Å². The van der Waals surface area contributed by atoms with E-state index in [9.17, 15) is 13.2 Å². The van der Waals surface area contributed by atoms with Gasteiger partial charge in [-0.1, -0.05) is 42.5 Å². The molecule has 0 aliphatic rings. The first-order valence-electron chi connectivity index (χ1n) is 8.53. The Bertz CT molecular complexity index is 806. The van der Waals surface area contributed by atoms with Crippen molar-refractivity contribution in [2.45, 2.75) is 30.7 Å². The summed E-state index contributed by atoms with van der Waals surface area (Å²) in [5.74, 6) is 0.00589. The second kappa shape index (κ2) is 9.47. The van der Waals surface area contributed by atoms with Gasteiger partial charge in [-0.15, -0.1) is 0 Å². The van der Waals surface area contributed by atoms with Crippen molar-refractivity contribution in [3.8, 4) is 0 Å². The Morgan fingerprint density at radius 2 is 1.69 bits per heavy atom. The molecular weight excluding hydrogens is 350 g/mol. The highest BCUT2D eigenvalue weighted by Crippen LogP contribution is 2.11. The average Bonchev–Trinajstić information content (AvgIpc) is 2.62. The molecule has 0 bridgehead atoms. The van der Waals surface area contributed by atoms with E-state index in [-0.39, 0.29) is 16.8 Å². The van der Waals surface area contributed by atoms with E-state index in [1.807, 2.05) is 37.3 Å². The maximum Gasteiger partial charge on any atom is 0.238 e. The summed E-state index contributed by atoms with van der Waals surface area (Å²) in [6, 6.07) is 16.3. The molecule has 7 heteroatoms. The van der Waals surface area contributed by atoms with Crippen molar-refractivity contribution in [2.24, 2.45) is 5.14 Å². The summed E-state index contributed by atoms with van der Waals surface area (Å²) in [6.45, 7) is 3.25. The molecule has 0 aromatic heterocycles. The summed E-state index contributed by atoms with van der Waals surface area (Å²) >= 11 is 0. The van der Waals surface area contributed by atoms with Crippen molar-refractivity contribution < 1.29 is 13.2 Å². The van der Waals surface area contributed by atoms with E-state index < -0.39 is 10.0 Å². The van der Waals surface area contributed by atoms with E-state index in [4.69, 9.17) is 5.14 Å². The fourth-order valence-corrected chi connectivity index (χ4v) is 3.06. The summed E-state index contributed by atoms with van der Waals surface area (Å²) in [6.07, 6.45) is 1.15. The van der Waals surface area contributed by atoms with Gasteiger partial charge in [0, 0.05) is 13.0 Å². The molecule has 0 aliphatic carbocycles. The van der Waals surface area contributed by atoms with Gasteiger partial charge in [0.15, 0.2) is 0 Å². The van der Waals surface area contributed by atoms with E-state index in [1.54, 1.807) is 12.1 Å². The van der Waals surface area contributed by atoms with Crippen molar-refractivity contribution >= 4 is 15.9 Å². The minimum atomic E-state index is -3.65. The van der Waals surface area contributed by atoms with Crippen LogP contribution >= 0.6 is 0 Å². The maximum absolute atomic E-state index is 12.0. The fourth-order valence-electron chi connectivity index (χ4n) is 2.54. The van der Waals surface area contributed by atoms with Crippen molar-refractivity contribution in [2.75, 3.05) is 13.1 Å². The molecule has 1 amide bonds. The lowest BCUT2D eigenvalue weighted by molar-refractivity contribution is -0.121.